The van der Waals surface area contributed by atoms with E-state index in [1.54, 1.807) is 47.2 Å². The molecule has 5 aromatic rings. The predicted molar refractivity (Wildman–Crippen MR) is 186 cm³/mol. The van der Waals surface area contributed by atoms with Crippen molar-refractivity contribution in [3.05, 3.63) is 105 Å². The molecule has 5 rings (SSSR count). The predicted octanol–water partition coefficient (Wildman–Crippen LogP) is 5.44. The van der Waals surface area contributed by atoms with Crippen molar-refractivity contribution in [1.82, 2.24) is 15.3 Å². The summed E-state index contributed by atoms with van der Waals surface area (Å²) in [6.07, 6.45) is 0. The third-order valence-corrected chi connectivity index (χ3v) is 8.99. The first-order valence-corrected chi connectivity index (χ1v) is 16.4. The Labute approximate surface area is 298 Å². The van der Waals surface area contributed by atoms with Crippen molar-refractivity contribution in [2.24, 2.45) is 0 Å². The monoisotopic (exact) mass is 764 g/mol. The van der Waals surface area contributed by atoms with Crippen LogP contribution in [0.2, 0.25) is 5.02 Å². The van der Waals surface area contributed by atoms with E-state index < -0.39 is 39.9 Å². The van der Waals surface area contributed by atoms with Gasteiger partial charge in [0.1, 0.15) is 4.88 Å². The molecule has 1 aromatic carbocycles. The quantitative estimate of drug-likeness (QED) is 0.0654. The number of aromatic hydroxyl groups is 1. The number of H-pyrrole nitrogens is 1. The Hall–Kier alpha value is -5.83. The van der Waals surface area contributed by atoms with Gasteiger partial charge in [-0.25, -0.2) is 24.2 Å². The number of thiophene rings is 3. The van der Waals surface area contributed by atoms with E-state index in [-0.39, 0.29) is 28.9 Å². The molecule has 0 bridgehead atoms. The number of benzene rings is 1. The van der Waals surface area contributed by atoms with Crippen LogP contribution in [-0.2, 0) is 16.0 Å². The summed E-state index contributed by atoms with van der Waals surface area (Å²) in [5.41, 5.74) is 4.98. The second kappa shape index (κ2) is 18.1. The summed E-state index contributed by atoms with van der Waals surface area (Å²) in [5.74, 6) is -3.66. The summed E-state index contributed by atoms with van der Waals surface area (Å²) < 4.78 is 8.82. The van der Waals surface area contributed by atoms with Gasteiger partial charge in [0.25, 0.3) is 11.2 Å². The number of aromatic amines is 1. The fourth-order valence-electron chi connectivity index (χ4n) is 3.57. The number of nitrogen functional groups attached to an aromatic ring is 1. The minimum atomic E-state index is -1.55. The molecule has 0 aliphatic rings. The summed E-state index contributed by atoms with van der Waals surface area (Å²) in [5, 5.41) is 39.5. The van der Waals surface area contributed by atoms with E-state index in [0.29, 0.717) is 26.2 Å². The van der Waals surface area contributed by atoms with Gasteiger partial charge >= 0.3 is 23.9 Å². The van der Waals surface area contributed by atoms with Crippen molar-refractivity contribution in [1.29, 1.82) is 0 Å². The lowest BCUT2D eigenvalue weighted by molar-refractivity contribution is -0.384. The first-order valence-electron chi connectivity index (χ1n) is 13.4. The maximum atomic E-state index is 12.2. The van der Waals surface area contributed by atoms with Crippen LogP contribution in [0.3, 0.4) is 0 Å². The molecule has 21 heteroatoms. The number of nitrogens with zero attached hydrogens (tertiary/aromatic N) is 2. The largest absolute Gasteiger partial charge is 0.501 e. The van der Waals surface area contributed by atoms with Gasteiger partial charge in [0.2, 0.25) is 5.75 Å². The number of aromatic carboxylic acids is 1. The van der Waals surface area contributed by atoms with Crippen molar-refractivity contribution < 1.29 is 43.8 Å². The van der Waals surface area contributed by atoms with Crippen LogP contribution in [0, 0.1) is 10.1 Å². The van der Waals surface area contributed by atoms with Crippen molar-refractivity contribution >= 4 is 86.6 Å². The number of esters is 2. The highest BCUT2D eigenvalue weighted by atomic mass is 35.5. The number of hydrogen-bond donors (Lipinski definition) is 6. The minimum absolute atomic E-state index is 0.0301. The molecule has 0 aliphatic carbocycles. The fraction of sp³-hybridized carbons (Fsp3) is 0.103. The number of halogens is 1. The molecule has 0 unspecified atom stereocenters. The highest BCUT2D eigenvalue weighted by Crippen LogP contribution is 2.31. The topological polar surface area (TPSA) is 266 Å². The SMILES string of the molecule is COC(=O)c1sccc1N.COC(=O)c1sccc1[N+](=O)[O-].O=C(NCc1ccccc1Cl)Nc1ccsc1-c1nc(C(=O)O)c(O)c(=O)[nH]1. The summed E-state index contributed by atoms with van der Waals surface area (Å²) in [4.78, 5) is 73.4. The number of carboxylic acid groups (broad SMARTS) is 1. The summed E-state index contributed by atoms with van der Waals surface area (Å²) in [7, 11) is 2.52. The number of amides is 2. The molecule has 2 amide bonds. The van der Waals surface area contributed by atoms with Gasteiger partial charge in [0.05, 0.1) is 35.4 Å². The second-order valence-corrected chi connectivity index (χ2v) is 12.2. The van der Waals surface area contributed by atoms with E-state index >= 15 is 0 Å². The molecular formula is C29H25ClN6O11S3. The van der Waals surface area contributed by atoms with Crippen LogP contribution in [0.1, 0.15) is 35.4 Å². The van der Waals surface area contributed by atoms with Gasteiger partial charge in [-0.2, -0.15) is 0 Å². The van der Waals surface area contributed by atoms with E-state index in [0.717, 1.165) is 28.2 Å². The number of carbonyl (C=O) groups excluding carboxylic acids is 3. The number of ether oxygens (including phenoxy) is 2. The maximum absolute atomic E-state index is 12.2. The average Bonchev–Trinajstić information content (AvgIpc) is 3.87. The first kappa shape index (κ1) is 38.6. The molecule has 262 valence electrons. The first-order chi connectivity index (χ1) is 23.8. The highest BCUT2D eigenvalue weighted by Gasteiger charge is 2.22. The summed E-state index contributed by atoms with van der Waals surface area (Å²) >= 11 is 9.45. The second-order valence-electron chi connectivity index (χ2n) is 9.06. The Morgan fingerprint density at radius 1 is 1.00 bits per heavy atom. The van der Waals surface area contributed by atoms with E-state index in [4.69, 9.17) is 22.4 Å². The number of carbonyl (C=O) groups is 4. The van der Waals surface area contributed by atoms with E-state index in [1.165, 1.54) is 37.0 Å². The van der Waals surface area contributed by atoms with Crippen molar-refractivity contribution in [2.75, 3.05) is 25.3 Å². The zero-order valence-electron chi connectivity index (χ0n) is 25.6. The lowest BCUT2D eigenvalue weighted by Gasteiger charge is -2.09. The molecule has 0 aliphatic heterocycles. The normalized spacial score (nSPS) is 9.98. The third kappa shape index (κ3) is 10.1. The van der Waals surface area contributed by atoms with Crippen LogP contribution in [0.4, 0.5) is 21.9 Å². The maximum Gasteiger partial charge on any atom is 0.358 e. The van der Waals surface area contributed by atoms with Crippen LogP contribution in [0.15, 0.2) is 63.4 Å². The average molecular weight is 765 g/mol. The Morgan fingerprint density at radius 3 is 2.22 bits per heavy atom. The molecule has 50 heavy (non-hydrogen) atoms. The van der Waals surface area contributed by atoms with Gasteiger partial charge in [-0.1, -0.05) is 29.8 Å². The molecule has 17 nitrogen and oxygen atoms in total. The highest BCUT2D eigenvalue weighted by molar-refractivity contribution is 7.14. The van der Waals surface area contributed by atoms with E-state index in [9.17, 15) is 39.2 Å². The van der Waals surface area contributed by atoms with Gasteiger partial charge < -0.3 is 41.0 Å². The van der Waals surface area contributed by atoms with E-state index in [2.05, 4.69) is 30.1 Å². The lowest BCUT2D eigenvalue weighted by atomic mass is 10.2. The molecule has 0 fully saturated rings. The molecule has 0 atom stereocenters. The third-order valence-electron chi connectivity index (χ3n) is 5.90. The number of nitro groups is 1. The molecule has 0 saturated heterocycles. The van der Waals surface area contributed by atoms with E-state index in [1.807, 2.05) is 0 Å². The zero-order chi connectivity index (χ0) is 37.0. The number of urea groups is 1. The van der Waals surface area contributed by atoms with Crippen LogP contribution in [0.25, 0.3) is 10.7 Å². The smallest absolute Gasteiger partial charge is 0.358 e. The van der Waals surface area contributed by atoms with Gasteiger partial charge in [0.15, 0.2) is 16.4 Å². The molecule has 0 radical (unpaired) electrons. The molecule has 0 spiro atoms. The number of aromatic nitrogens is 2. The Balaban J connectivity index is 0.000000251. The van der Waals surface area contributed by atoms with Crippen molar-refractivity contribution in [2.45, 2.75) is 6.54 Å². The minimum Gasteiger partial charge on any atom is -0.501 e. The molecule has 4 heterocycles. The molecule has 4 aromatic heterocycles. The van der Waals surface area contributed by atoms with Crippen LogP contribution < -0.4 is 21.9 Å². The lowest BCUT2D eigenvalue weighted by Crippen LogP contribution is -2.28. The Bertz CT molecular complexity index is 2070. The number of hydrogen-bond acceptors (Lipinski definition) is 15. The molecular weight excluding hydrogens is 740 g/mol. The van der Waals surface area contributed by atoms with Crippen molar-refractivity contribution in [3.8, 4) is 16.5 Å². The van der Waals surface area contributed by atoms with Crippen molar-refractivity contribution in [3.63, 3.8) is 0 Å². The number of rotatable bonds is 8. The standard InChI is InChI=1S/C17H13ClN4O5S.C6H5NO4S.C6H7NO2S/c18-9-4-2-1-3-8(9)7-19-17(27)20-10-5-6-28-13(10)14-21-11(16(25)26)12(23)15(24)22-14;1-11-6(8)5-4(7(9)10)2-3-12-5;1-9-6(8)5-4(7)2-3-10-5/h1-6,23H,7H2,(H,25,26)(H2,19,20,27)(H,21,22,24);2-3H,1H3;2-3H,7H2,1H3. The number of nitrogens with one attached hydrogen (secondary N) is 3. The van der Waals surface area contributed by atoms with Gasteiger partial charge in [-0.15, -0.1) is 34.0 Å². The summed E-state index contributed by atoms with van der Waals surface area (Å²) in [6, 6.07) is 11.1. The summed E-state index contributed by atoms with van der Waals surface area (Å²) in [6.45, 7) is 0.197. The van der Waals surface area contributed by atoms with Crippen LogP contribution in [-0.4, -0.2) is 63.3 Å². The zero-order valence-corrected chi connectivity index (χ0v) is 28.8. The molecule has 7 N–H and O–H groups in total. The van der Waals surface area contributed by atoms with Crippen LogP contribution in [0.5, 0.6) is 5.75 Å². The number of carboxylic acids is 1. The van der Waals surface area contributed by atoms with Crippen LogP contribution >= 0.6 is 45.6 Å². The number of nitrogens with two attached hydrogens (primary N) is 1. The van der Waals surface area contributed by atoms with Gasteiger partial charge in [-0.3, -0.25) is 14.9 Å². The van der Waals surface area contributed by atoms with Gasteiger partial charge in [-0.05, 0) is 39.9 Å². The van der Waals surface area contributed by atoms with Gasteiger partial charge in [0, 0.05) is 17.6 Å². The Kier molecular flexibility index (Phi) is 14.0. The Morgan fingerprint density at radius 2 is 1.62 bits per heavy atom. The number of methoxy groups -OCH3 is 2. The number of anilines is 2. The molecule has 0 saturated carbocycles. The fourth-order valence-corrected chi connectivity index (χ4v) is 6.08.